The van der Waals surface area contributed by atoms with Crippen molar-refractivity contribution in [3.63, 3.8) is 0 Å². The fourth-order valence-corrected chi connectivity index (χ4v) is 5.81. The largest absolute Gasteiger partial charge is 0.324 e. The highest BCUT2D eigenvalue weighted by molar-refractivity contribution is 5.78. The number of benzene rings is 1. The Bertz CT molecular complexity index is 810. The first kappa shape index (κ1) is 20.3. The molecule has 5 rings (SSSR count). The van der Waals surface area contributed by atoms with Crippen molar-refractivity contribution in [3.05, 3.63) is 35.9 Å². The van der Waals surface area contributed by atoms with Crippen LogP contribution in [0.25, 0.3) is 0 Å². The molecule has 2 N–H and O–H groups in total. The number of halogens is 1. The van der Waals surface area contributed by atoms with E-state index >= 15 is 0 Å². The Hall–Kier alpha value is -1.66. The molecule has 30 heavy (non-hydrogen) atoms. The normalized spacial score (nSPS) is 34.1. The maximum Gasteiger partial charge on any atom is 0.320 e. The van der Waals surface area contributed by atoms with E-state index in [-0.39, 0.29) is 29.2 Å². The molecular formula is C24H35FN4O. The van der Waals surface area contributed by atoms with E-state index in [0.29, 0.717) is 25.9 Å². The molecule has 3 saturated carbocycles. The predicted octanol–water partition coefficient (Wildman–Crippen LogP) is 3.49. The second kappa shape index (κ2) is 6.67. The number of rotatable bonds is 6. The van der Waals surface area contributed by atoms with Crippen LogP contribution in [0.5, 0.6) is 0 Å². The van der Waals surface area contributed by atoms with Crippen LogP contribution in [-0.2, 0) is 5.54 Å². The minimum absolute atomic E-state index is 0.00714. The molecule has 1 saturated heterocycles. The van der Waals surface area contributed by atoms with E-state index < -0.39 is 5.67 Å². The van der Waals surface area contributed by atoms with Gasteiger partial charge in [0.1, 0.15) is 5.67 Å². The Morgan fingerprint density at radius 3 is 2.13 bits per heavy atom. The Labute approximate surface area is 179 Å². The van der Waals surface area contributed by atoms with Gasteiger partial charge in [0.15, 0.2) is 0 Å². The quantitative estimate of drug-likeness (QED) is 0.775. The third kappa shape index (κ3) is 3.32. The average Bonchev–Trinajstić information content (AvgIpc) is 3.63. The summed E-state index contributed by atoms with van der Waals surface area (Å²) in [6.07, 6.45) is 6.96. The molecular weight excluding hydrogens is 379 g/mol. The zero-order valence-electron chi connectivity index (χ0n) is 18.4. The summed E-state index contributed by atoms with van der Waals surface area (Å²) in [5, 5.41) is 0. The Morgan fingerprint density at radius 1 is 0.967 bits per heavy atom. The molecule has 1 heterocycles. The average molecular weight is 415 g/mol. The van der Waals surface area contributed by atoms with Gasteiger partial charge in [-0.15, -0.1) is 0 Å². The molecule has 0 aromatic heterocycles. The van der Waals surface area contributed by atoms with Crippen LogP contribution in [-0.4, -0.2) is 71.2 Å². The van der Waals surface area contributed by atoms with Crippen LogP contribution < -0.4 is 5.73 Å². The van der Waals surface area contributed by atoms with Crippen LogP contribution in [0, 0.1) is 0 Å². The molecule has 1 spiro atoms. The summed E-state index contributed by atoms with van der Waals surface area (Å²) in [4.78, 5) is 19.6. The number of carbonyl (C=O) groups is 1. The number of nitrogens with zero attached hydrogens (tertiary/aromatic N) is 3. The SMILES string of the molecule is CN(C)[C@]1(c2ccccc2)CC[C@]2(CC1)CN(CC1(F)CC1)C(=O)N2CC1(N)CC1. The van der Waals surface area contributed by atoms with E-state index in [1.54, 1.807) is 4.90 Å². The van der Waals surface area contributed by atoms with E-state index in [2.05, 4.69) is 54.2 Å². The third-order valence-electron chi connectivity index (χ3n) is 8.37. The molecule has 164 valence electrons. The van der Waals surface area contributed by atoms with Gasteiger partial charge in [-0.3, -0.25) is 4.90 Å². The van der Waals surface area contributed by atoms with Gasteiger partial charge in [-0.1, -0.05) is 30.3 Å². The van der Waals surface area contributed by atoms with E-state index in [9.17, 15) is 9.18 Å². The van der Waals surface area contributed by atoms with Gasteiger partial charge < -0.3 is 15.5 Å². The molecule has 1 aromatic rings. The fourth-order valence-electron chi connectivity index (χ4n) is 5.81. The van der Waals surface area contributed by atoms with E-state index in [1.807, 2.05) is 0 Å². The highest BCUT2D eigenvalue weighted by Gasteiger charge is 2.58. The highest BCUT2D eigenvalue weighted by atomic mass is 19.1. The molecule has 1 aromatic carbocycles. The summed E-state index contributed by atoms with van der Waals surface area (Å²) >= 11 is 0. The topological polar surface area (TPSA) is 52.8 Å². The second-order valence-corrected chi connectivity index (χ2v) is 10.8. The molecule has 1 aliphatic heterocycles. The van der Waals surface area contributed by atoms with Crippen molar-refractivity contribution in [2.24, 2.45) is 5.73 Å². The number of hydrogen-bond donors (Lipinski definition) is 1. The van der Waals surface area contributed by atoms with Gasteiger partial charge in [-0.05, 0) is 71.0 Å². The van der Waals surface area contributed by atoms with Crippen LogP contribution in [0.15, 0.2) is 30.3 Å². The monoisotopic (exact) mass is 414 g/mol. The summed E-state index contributed by atoms with van der Waals surface area (Å²) in [7, 11) is 4.32. The van der Waals surface area contributed by atoms with Crippen LogP contribution in [0.2, 0.25) is 0 Å². The zero-order valence-corrected chi connectivity index (χ0v) is 18.4. The van der Waals surface area contributed by atoms with Gasteiger partial charge in [-0.2, -0.15) is 0 Å². The van der Waals surface area contributed by atoms with Crippen molar-refractivity contribution in [3.8, 4) is 0 Å². The molecule has 0 bridgehead atoms. The summed E-state index contributed by atoms with van der Waals surface area (Å²) in [5.74, 6) is 0. The lowest BCUT2D eigenvalue weighted by Gasteiger charge is -2.51. The van der Waals surface area contributed by atoms with E-state index in [0.717, 1.165) is 38.5 Å². The number of hydrogen-bond acceptors (Lipinski definition) is 3. The van der Waals surface area contributed by atoms with Crippen molar-refractivity contribution >= 4 is 6.03 Å². The molecule has 0 radical (unpaired) electrons. The van der Waals surface area contributed by atoms with Crippen LogP contribution in [0.4, 0.5) is 9.18 Å². The number of carbonyl (C=O) groups excluding carboxylic acids is 1. The van der Waals surface area contributed by atoms with Gasteiger partial charge in [-0.25, -0.2) is 9.18 Å². The van der Waals surface area contributed by atoms with Gasteiger partial charge in [0.05, 0.1) is 12.1 Å². The van der Waals surface area contributed by atoms with Gasteiger partial charge in [0.25, 0.3) is 0 Å². The van der Waals surface area contributed by atoms with E-state index in [4.69, 9.17) is 5.73 Å². The summed E-state index contributed by atoms with van der Waals surface area (Å²) < 4.78 is 14.6. The van der Waals surface area contributed by atoms with Crippen molar-refractivity contribution in [2.75, 3.05) is 33.7 Å². The Morgan fingerprint density at radius 2 is 1.60 bits per heavy atom. The molecule has 2 amide bonds. The van der Waals surface area contributed by atoms with Crippen molar-refractivity contribution in [1.29, 1.82) is 0 Å². The first-order valence-corrected chi connectivity index (χ1v) is 11.5. The van der Waals surface area contributed by atoms with Crippen LogP contribution in [0.1, 0.15) is 56.9 Å². The fraction of sp³-hybridized carbons (Fsp3) is 0.708. The summed E-state index contributed by atoms with van der Waals surface area (Å²) in [6.45, 7) is 1.51. The number of nitrogens with two attached hydrogens (primary N) is 1. The number of urea groups is 1. The minimum Gasteiger partial charge on any atom is -0.324 e. The highest BCUT2D eigenvalue weighted by Crippen LogP contribution is 2.51. The zero-order chi connectivity index (χ0) is 21.2. The molecule has 4 aliphatic rings. The smallest absolute Gasteiger partial charge is 0.320 e. The first-order valence-electron chi connectivity index (χ1n) is 11.5. The second-order valence-electron chi connectivity index (χ2n) is 10.8. The third-order valence-corrected chi connectivity index (χ3v) is 8.37. The minimum atomic E-state index is -1.15. The van der Waals surface area contributed by atoms with Crippen molar-refractivity contribution in [2.45, 2.75) is 73.7 Å². The van der Waals surface area contributed by atoms with E-state index in [1.165, 1.54) is 5.56 Å². The lowest BCUT2D eigenvalue weighted by Crippen LogP contribution is -2.57. The lowest BCUT2D eigenvalue weighted by molar-refractivity contribution is 0.0219. The first-order chi connectivity index (χ1) is 14.2. The lowest BCUT2D eigenvalue weighted by atomic mass is 9.68. The molecule has 5 nitrogen and oxygen atoms in total. The van der Waals surface area contributed by atoms with Gasteiger partial charge in [0, 0.05) is 24.2 Å². The predicted molar refractivity (Wildman–Crippen MR) is 116 cm³/mol. The summed E-state index contributed by atoms with van der Waals surface area (Å²) in [6, 6.07) is 10.7. The number of amides is 2. The van der Waals surface area contributed by atoms with Crippen LogP contribution in [0.3, 0.4) is 0 Å². The number of alkyl halides is 1. The molecule has 0 atom stereocenters. The van der Waals surface area contributed by atoms with Gasteiger partial charge in [0.2, 0.25) is 0 Å². The van der Waals surface area contributed by atoms with Crippen molar-refractivity contribution in [1.82, 2.24) is 14.7 Å². The Kier molecular flexibility index (Phi) is 4.50. The molecule has 3 aliphatic carbocycles. The molecule has 6 heteroatoms. The maximum atomic E-state index is 14.6. The van der Waals surface area contributed by atoms with Crippen molar-refractivity contribution < 1.29 is 9.18 Å². The standard InChI is InChI=1S/C24H35FN4O/c1-27(2)24(19-6-4-3-5-7-19)14-12-23(13-15-24)18-28(16-21(25)8-9-21)20(30)29(23)17-22(26)10-11-22/h3-7H,8-18,26H2,1-2H3/t23-,24+. The summed E-state index contributed by atoms with van der Waals surface area (Å²) in [5.41, 5.74) is 6.18. The van der Waals surface area contributed by atoms with Crippen LogP contribution >= 0.6 is 0 Å². The van der Waals surface area contributed by atoms with Gasteiger partial charge >= 0.3 is 6.03 Å². The molecule has 0 unspecified atom stereocenters. The molecule has 4 fully saturated rings. The maximum absolute atomic E-state index is 14.6. The Balaban J connectivity index is 1.41.